The standard InChI is InChI=1S/C18H25ClO5/c1-4-5-6-7-13(2)23-17(20)10-11-18(21)24-15-9-8-14(19)12-16(15)22-3/h8-9,12-13H,4-7,10-11H2,1-3H3. The Balaban J connectivity index is 2.37. The molecule has 0 N–H and O–H groups in total. The average molecular weight is 357 g/mol. The van der Waals surface area contributed by atoms with Crippen molar-refractivity contribution < 1.29 is 23.8 Å². The fraction of sp³-hybridized carbons (Fsp3) is 0.556. The molecule has 24 heavy (non-hydrogen) atoms. The average Bonchev–Trinajstić information content (AvgIpc) is 2.54. The molecule has 0 saturated carbocycles. The number of halogens is 1. The van der Waals surface area contributed by atoms with Crippen molar-refractivity contribution in [1.29, 1.82) is 0 Å². The number of unbranched alkanes of at least 4 members (excludes halogenated alkanes) is 2. The van der Waals surface area contributed by atoms with Gasteiger partial charge in [-0.2, -0.15) is 0 Å². The molecule has 0 aliphatic carbocycles. The second kappa shape index (κ2) is 10.9. The normalized spacial score (nSPS) is 11.7. The molecule has 0 aromatic heterocycles. The Labute approximate surface area is 148 Å². The van der Waals surface area contributed by atoms with Crippen LogP contribution in [0.1, 0.15) is 52.4 Å². The zero-order valence-electron chi connectivity index (χ0n) is 14.5. The van der Waals surface area contributed by atoms with E-state index in [0.717, 1.165) is 25.7 Å². The van der Waals surface area contributed by atoms with Gasteiger partial charge in [-0.25, -0.2) is 0 Å². The number of esters is 2. The van der Waals surface area contributed by atoms with Crippen LogP contribution in [0.2, 0.25) is 5.02 Å². The van der Waals surface area contributed by atoms with Crippen molar-refractivity contribution in [2.24, 2.45) is 0 Å². The molecule has 1 atom stereocenters. The molecule has 0 amide bonds. The van der Waals surface area contributed by atoms with Crippen LogP contribution in [0.3, 0.4) is 0 Å². The van der Waals surface area contributed by atoms with Gasteiger partial charge in [0.05, 0.1) is 26.1 Å². The highest BCUT2D eigenvalue weighted by molar-refractivity contribution is 6.30. The molecule has 6 heteroatoms. The van der Waals surface area contributed by atoms with Crippen molar-refractivity contribution in [1.82, 2.24) is 0 Å². The number of methoxy groups -OCH3 is 1. The van der Waals surface area contributed by atoms with Crippen LogP contribution in [0.5, 0.6) is 11.5 Å². The highest BCUT2D eigenvalue weighted by Crippen LogP contribution is 2.30. The topological polar surface area (TPSA) is 61.8 Å². The Morgan fingerprint density at radius 2 is 1.83 bits per heavy atom. The van der Waals surface area contributed by atoms with Gasteiger partial charge in [0.2, 0.25) is 0 Å². The molecule has 1 aromatic carbocycles. The molecular formula is C18H25ClO5. The van der Waals surface area contributed by atoms with Crippen molar-refractivity contribution in [2.45, 2.75) is 58.5 Å². The summed E-state index contributed by atoms with van der Waals surface area (Å²) in [6.07, 6.45) is 3.93. The predicted molar refractivity (Wildman–Crippen MR) is 92.6 cm³/mol. The highest BCUT2D eigenvalue weighted by atomic mass is 35.5. The van der Waals surface area contributed by atoms with E-state index < -0.39 is 5.97 Å². The molecule has 134 valence electrons. The van der Waals surface area contributed by atoms with Crippen LogP contribution in [0.4, 0.5) is 0 Å². The smallest absolute Gasteiger partial charge is 0.311 e. The lowest BCUT2D eigenvalue weighted by Crippen LogP contribution is -2.17. The molecule has 0 spiro atoms. The lowest BCUT2D eigenvalue weighted by atomic mass is 10.1. The highest BCUT2D eigenvalue weighted by Gasteiger charge is 2.15. The lowest BCUT2D eigenvalue weighted by molar-refractivity contribution is -0.151. The van der Waals surface area contributed by atoms with Crippen LogP contribution < -0.4 is 9.47 Å². The number of benzene rings is 1. The van der Waals surface area contributed by atoms with E-state index in [4.69, 9.17) is 25.8 Å². The first-order valence-corrected chi connectivity index (χ1v) is 8.57. The largest absolute Gasteiger partial charge is 0.493 e. The molecule has 0 heterocycles. The van der Waals surface area contributed by atoms with Gasteiger partial charge in [0.1, 0.15) is 0 Å². The second-order valence-electron chi connectivity index (χ2n) is 5.57. The number of carbonyl (C=O) groups is 2. The molecule has 0 bridgehead atoms. The fourth-order valence-electron chi connectivity index (χ4n) is 2.13. The quantitative estimate of drug-likeness (QED) is 0.349. The van der Waals surface area contributed by atoms with E-state index in [0.29, 0.717) is 10.8 Å². The summed E-state index contributed by atoms with van der Waals surface area (Å²) in [7, 11) is 1.46. The molecule has 0 fully saturated rings. The summed E-state index contributed by atoms with van der Waals surface area (Å²) >= 11 is 5.85. The van der Waals surface area contributed by atoms with Crippen LogP contribution in [-0.4, -0.2) is 25.2 Å². The maximum atomic E-state index is 11.8. The minimum atomic E-state index is -0.522. The van der Waals surface area contributed by atoms with E-state index in [-0.39, 0.29) is 30.7 Å². The third-order valence-electron chi connectivity index (χ3n) is 3.43. The zero-order chi connectivity index (χ0) is 17.9. The number of hydrogen-bond donors (Lipinski definition) is 0. The zero-order valence-corrected chi connectivity index (χ0v) is 15.2. The maximum absolute atomic E-state index is 11.8. The van der Waals surface area contributed by atoms with Gasteiger partial charge in [-0.15, -0.1) is 0 Å². The summed E-state index contributed by atoms with van der Waals surface area (Å²) < 4.78 is 15.6. The molecule has 1 unspecified atom stereocenters. The van der Waals surface area contributed by atoms with Gasteiger partial charge in [-0.1, -0.05) is 31.4 Å². The van der Waals surface area contributed by atoms with Crippen molar-refractivity contribution >= 4 is 23.5 Å². The van der Waals surface area contributed by atoms with Gasteiger partial charge < -0.3 is 14.2 Å². The number of rotatable bonds is 10. The van der Waals surface area contributed by atoms with Crippen LogP contribution in [0.25, 0.3) is 0 Å². The second-order valence-corrected chi connectivity index (χ2v) is 6.00. The van der Waals surface area contributed by atoms with Gasteiger partial charge in [0.15, 0.2) is 11.5 Å². The maximum Gasteiger partial charge on any atom is 0.311 e. The third-order valence-corrected chi connectivity index (χ3v) is 3.66. The summed E-state index contributed by atoms with van der Waals surface area (Å²) in [6.45, 7) is 3.99. The van der Waals surface area contributed by atoms with Gasteiger partial charge in [0, 0.05) is 11.1 Å². The molecule has 0 aliphatic rings. The van der Waals surface area contributed by atoms with Gasteiger partial charge >= 0.3 is 11.9 Å². The molecule has 0 radical (unpaired) electrons. The first-order valence-electron chi connectivity index (χ1n) is 8.20. The summed E-state index contributed by atoms with van der Waals surface area (Å²) in [5.41, 5.74) is 0. The Kier molecular flexibility index (Phi) is 9.23. The van der Waals surface area contributed by atoms with Crippen molar-refractivity contribution in [3.8, 4) is 11.5 Å². The first-order chi connectivity index (χ1) is 11.5. The predicted octanol–water partition coefficient (Wildman–Crippen LogP) is 4.55. The monoisotopic (exact) mass is 356 g/mol. The molecule has 1 rings (SSSR count). The SMILES string of the molecule is CCCCCC(C)OC(=O)CCC(=O)Oc1ccc(Cl)cc1OC. The molecular weight excluding hydrogens is 332 g/mol. The summed E-state index contributed by atoms with van der Waals surface area (Å²) in [4.78, 5) is 23.6. The minimum absolute atomic E-state index is 0.00709. The fourth-order valence-corrected chi connectivity index (χ4v) is 2.29. The van der Waals surface area contributed by atoms with Crippen LogP contribution >= 0.6 is 11.6 Å². The first kappa shape index (κ1) is 20.3. The third kappa shape index (κ3) is 7.68. The van der Waals surface area contributed by atoms with E-state index >= 15 is 0 Å². The number of hydrogen-bond acceptors (Lipinski definition) is 5. The summed E-state index contributed by atoms with van der Waals surface area (Å²) in [6, 6.07) is 4.70. The van der Waals surface area contributed by atoms with Crippen LogP contribution in [0, 0.1) is 0 Å². The molecule has 0 aliphatic heterocycles. The van der Waals surface area contributed by atoms with Gasteiger partial charge in [0.25, 0.3) is 0 Å². The lowest BCUT2D eigenvalue weighted by Gasteiger charge is -2.13. The Morgan fingerprint density at radius 1 is 1.12 bits per heavy atom. The van der Waals surface area contributed by atoms with E-state index in [2.05, 4.69) is 6.92 Å². The Hall–Kier alpha value is -1.75. The van der Waals surface area contributed by atoms with Crippen LogP contribution in [0.15, 0.2) is 18.2 Å². The molecule has 1 aromatic rings. The van der Waals surface area contributed by atoms with E-state index in [1.54, 1.807) is 18.2 Å². The van der Waals surface area contributed by atoms with Crippen LogP contribution in [-0.2, 0) is 14.3 Å². The van der Waals surface area contributed by atoms with Gasteiger partial charge in [-0.05, 0) is 31.9 Å². The van der Waals surface area contributed by atoms with Crippen molar-refractivity contribution in [3.05, 3.63) is 23.2 Å². The summed E-state index contributed by atoms with van der Waals surface area (Å²) in [5, 5.41) is 0.479. The van der Waals surface area contributed by atoms with Crippen molar-refractivity contribution in [2.75, 3.05) is 7.11 Å². The Morgan fingerprint density at radius 3 is 2.50 bits per heavy atom. The van der Waals surface area contributed by atoms with Gasteiger partial charge in [-0.3, -0.25) is 9.59 Å². The van der Waals surface area contributed by atoms with E-state index in [1.165, 1.54) is 7.11 Å². The van der Waals surface area contributed by atoms with E-state index in [1.807, 2.05) is 6.92 Å². The Bertz CT molecular complexity index is 544. The number of ether oxygens (including phenoxy) is 3. The molecule has 0 saturated heterocycles. The summed E-state index contributed by atoms with van der Waals surface area (Å²) in [5.74, 6) is -0.276. The van der Waals surface area contributed by atoms with E-state index in [9.17, 15) is 9.59 Å². The van der Waals surface area contributed by atoms with Crippen molar-refractivity contribution in [3.63, 3.8) is 0 Å². The minimum Gasteiger partial charge on any atom is -0.493 e. The molecule has 5 nitrogen and oxygen atoms in total. The number of carbonyl (C=O) groups excluding carboxylic acids is 2.